The zero-order chi connectivity index (χ0) is 23.0. The van der Waals surface area contributed by atoms with Crippen molar-refractivity contribution in [2.24, 2.45) is 5.92 Å². The number of hydrogen-bond donors (Lipinski definition) is 4. The Morgan fingerprint density at radius 1 is 1.19 bits per heavy atom. The Balaban J connectivity index is 1.97. The molecule has 1 aromatic heterocycles. The molecule has 4 N–H and O–H groups in total. The van der Waals surface area contributed by atoms with Crippen molar-refractivity contribution >= 4 is 46.0 Å². The molecule has 0 aliphatic heterocycles. The van der Waals surface area contributed by atoms with Gasteiger partial charge in [0.25, 0.3) is 5.91 Å². The molecule has 0 fully saturated rings. The number of carbonyl (C=O) groups excluding carboxylic acids is 4. The molecular weight excluding hydrogens is 424 g/mol. The number of alkyl halides is 1. The fourth-order valence-electron chi connectivity index (χ4n) is 3.10. The number of H-pyrrole nitrogens is 1. The molecule has 0 unspecified atom stereocenters. The fraction of sp³-hybridized carbons (Fsp3) is 0.429. The summed E-state index contributed by atoms with van der Waals surface area (Å²) in [4.78, 5) is 51.7. The normalized spacial score (nSPS) is 12.6. The van der Waals surface area contributed by atoms with Crippen LogP contribution >= 0.6 is 11.6 Å². The van der Waals surface area contributed by atoms with E-state index in [2.05, 4.69) is 20.9 Å². The van der Waals surface area contributed by atoms with Crippen molar-refractivity contribution < 1.29 is 23.9 Å². The fourth-order valence-corrected chi connectivity index (χ4v) is 3.29. The Labute approximate surface area is 185 Å². The predicted octanol–water partition coefficient (Wildman–Crippen LogP) is 1.36. The van der Waals surface area contributed by atoms with E-state index in [0.29, 0.717) is 12.3 Å². The Hall–Kier alpha value is -3.07. The first-order chi connectivity index (χ1) is 14.8. The highest BCUT2D eigenvalue weighted by molar-refractivity contribution is 6.28. The first-order valence-electron chi connectivity index (χ1n) is 9.90. The van der Waals surface area contributed by atoms with Crippen LogP contribution in [0.25, 0.3) is 10.9 Å². The van der Waals surface area contributed by atoms with Gasteiger partial charge in [-0.15, -0.1) is 11.6 Å². The molecule has 0 spiro atoms. The van der Waals surface area contributed by atoms with E-state index in [9.17, 15) is 19.2 Å². The van der Waals surface area contributed by atoms with Crippen LogP contribution in [0.5, 0.6) is 5.75 Å². The number of aromatic amines is 1. The van der Waals surface area contributed by atoms with Crippen LogP contribution in [0.2, 0.25) is 0 Å². The van der Waals surface area contributed by atoms with Crippen molar-refractivity contribution in [3.63, 3.8) is 0 Å². The van der Waals surface area contributed by atoms with E-state index in [4.69, 9.17) is 16.3 Å². The predicted molar refractivity (Wildman–Crippen MR) is 117 cm³/mol. The van der Waals surface area contributed by atoms with Gasteiger partial charge in [-0.1, -0.05) is 13.0 Å². The lowest BCUT2D eigenvalue weighted by molar-refractivity contribution is -0.128. The lowest BCUT2D eigenvalue weighted by Crippen LogP contribution is -2.47. The van der Waals surface area contributed by atoms with Crippen LogP contribution in [0.4, 0.5) is 0 Å². The largest absolute Gasteiger partial charge is 0.496 e. The number of rotatable bonds is 11. The van der Waals surface area contributed by atoms with E-state index in [-0.39, 0.29) is 30.4 Å². The van der Waals surface area contributed by atoms with Crippen LogP contribution in [-0.4, -0.2) is 60.6 Å². The number of methoxy groups -OCH3 is 1. The molecule has 0 bridgehead atoms. The van der Waals surface area contributed by atoms with E-state index >= 15 is 0 Å². The molecule has 9 nitrogen and oxygen atoms in total. The molecule has 0 saturated heterocycles. The maximum atomic E-state index is 12.4. The highest BCUT2D eigenvalue weighted by atomic mass is 35.5. The maximum absolute atomic E-state index is 12.4. The summed E-state index contributed by atoms with van der Waals surface area (Å²) in [5.74, 6) is -1.83. The zero-order valence-electron chi connectivity index (χ0n) is 17.7. The number of aromatic nitrogens is 1. The van der Waals surface area contributed by atoms with Crippen molar-refractivity contribution in [3.05, 3.63) is 30.0 Å². The second kappa shape index (κ2) is 11.4. The number of fused-ring (bicyclic) bond motifs is 1. The minimum absolute atomic E-state index is 0.110. The molecule has 2 rings (SSSR count). The summed E-state index contributed by atoms with van der Waals surface area (Å²) in [5.41, 5.74) is 0.992. The molecular formula is C21H27ClN4O5. The van der Waals surface area contributed by atoms with Gasteiger partial charge in [-0.3, -0.25) is 19.2 Å². The second-order valence-corrected chi connectivity index (χ2v) is 7.31. The molecule has 10 heteroatoms. The lowest BCUT2D eigenvalue weighted by Gasteiger charge is -2.20. The average molecular weight is 451 g/mol. The van der Waals surface area contributed by atoms with Gasteiger partial charge in [0.1, 0.15) is 11.4 Å². The van der Waals surface area contributed by atoms with Crippen molar-refractivity contribution in [1.82, 2.24) is 20.9 Å². The van der Waals surface area contributed by atoms with E-state index in [1.807, 2.05) is 0 Å². The highest BCUT2D eigenvalue weighted by Gasteiger charge is 2.25. The minimum atomic E-state index is -0.920. The molecule has 3 amide bonds. The third-order valence-corrected chi connectivity index (χ3v) is 5.01. The number of amides is 3. The van der Waals surface area contributed by atoms with Gasteiger partial charge in [-0.05, 0) is 31.5 Å². The van der Waals surface area contributed by atoms with Crippen LogP contribution in [0.1, 0.15) is 30.8 Å². The first-order valence-corrected chi connectivity index (χ1v) is 10.4. The molecule has 2 aromatic rings. The van der Waals surface area contributed by atoms with Gasteiger partial charge in [-0.25, -0.2) is 0 Å². The standard InChI is InChI=1S/C21H27ClN4O5/c1-4-23-20(29)12(2)8-15(17(27)10-22)26-19(28)11-24-21(30)16-9-13-14(25-16)6-5-7-18(13)31-3/h5-7,9,12,15,25H,4,8,10-11H2,1-3H3,(H,23,29)(H,24,30)(H,26,28)/t12-,15-/m0/s1. The molecule has 1 heterocycles. The quantitative estimate of drug-likeness (QED) is 0.384. The molecule has 0 aliphatic carbocycles. The number of hydrogen-bond acceptors (Lipinski definition) is 5. The van der Waals surface area contributed by atoms with Crippen molar-refractivity contribution in [2.45, 2.75) is 26.3 Å². The number of carbonyl (C=O) groups is 4. The monoisotopic (exact) mass is 450 g/mol. The van der Waals surface area contributed by atoms with Gasteiger partial charge >= 0.3 is 0 Å². The number of ether oxygens (including phenoxy) is 1. The zero-order valence-corrected chi connectivity index (χ0v) is 18.5. The van der Waals surface area contributed by atoms with Gasteiger partial charge in [-0.2, -0.15) is 0 Å². The summed E-state index contributed by atoms with van der Waals surface area (Å²) in [7, 11) is 1.54. The van der Waals surface area contributed by atoms with Crippen LogP contribution in [0, 0.1) is 5.92 Å². The number of Topliss-reactive ketones (excluding diaryl/α,β-unsaturated/α-hetero) is 1. The molecule has 0 radical (unpaired) electrons. The smallest absolute Gasteiger partial charge is 0.268 e. The summed E-state index contributed by atoms with van der Waals surface area (Å²) in [5, 5.41) is 8.47. The number of ketones is 1. The highest BCUT2D eigenvalue weighted by Crippen LogP contribution is 2.25. The Morgan fingerprint density at radius 3 is 2.58 bits per heavy atom. The summed E-state index contributed by atoms with van der Waals surface area (Å²) < 4.78 is 5.27. The average Bonchev–Trinajstić information content (AvgIpc) is 3.21. The first kappa shape index (κ1) is 24.2. The Morgan fingerprint density at radius 2 is 1.94 bits per heavy atom. The molecule has 168 valence electrons. The van der Waals surface area contributed by atoms with Gasteiger partial charge < -0.3 is 25.7 Å². The number of benzene rings is 1. The van der Waals surface area contributed by atoms with Crippen molar-refractivity contribution in [3.8, 4) is 5.75 Å². The summed E-state index contributed by atoms with van der Waals surface area (Å²) in [6.45, 7) is 3.58. The Kier molecular flexibility index (Phi) is 8.87. The number of nitrogens with one attached hydrogen (secondary N) is 4. The van der Waals surface area contributed by atoms with Crippen molar-refractivity contribution in [2.75, 3.05) is 26.1 Å². The molecule has 0 aliphatic rings. The SMILES string of the molecule is CCNC(=O)[C@@H](C)C[C@H](NC(=O)CNC(=O)c1cc2c(OC)cccc2[nH]1)C(=O)CCl. The van der Waals surface area contributed by atoms with Crippen LogP contribution in [-0.2, 0) is 14.4 Å². The minimum Gasteiger partial charge on any atom is -0.496 e. The third-order valence-electron chi connectivity index (χ3n) is 4.74. The second-order valence-electron chi connectivity index (χ2n) is 7.04. The summed E-state index contributed by atoms with van der Waals surface area (Å²) in [6.07, 6.45) is 0.110. The van der Waals surface area contributed by atoms with E-state index in [1.165, 1.54) is 7.11 Å². The van der Waals surface area contributed by atoms with E-state index < -0.39 is 29.6 Å². The van der Waals surface area contributed by atoms with Gasteiger partial charge in [0.2, 0.25) is 11.8 Å². The van der Waals surface area contributed by atoms with Gasteiger partial charge in [0.15, 0.2) is 5.78 Å². The van der Waals surface area contributed by atoms with Crippen LogP contribution in [0.15, 0.2) is 24.3 Å². The Bertz CT molecular complexity index is 958. The van der Waals surface area contributed by atoms with E-state index in [1.54, 1.807) is 38.1 Å². The topological polar surface area (TPSA) is 129 Å². The third kappa shape index (κ3) is 6.45. The van der Waals surface area contributed by atoms with Crippen LogP contribution < -0.4 is 20.7 Å². The van der Waals surface area contributed by atoms with E-state index in [0.717, 1.165) is 10.9 Å². The van der Waals surface area contributed by atoms with Crippen molar-refractivity contribution in [1.29, 1.82) is 0 Å². The molecule has 2 atom stereocenters. The van der Waals surface area contributed by atoms with Gasteiger partial charge in [0, 0.05) is 23.4 Å². The molecule has 1 aromatic carbocycles. The molecule has 31 heavy (non-hydrogen) atoms. The maximum Gasteiger partial charge on any atom is 0.268 e. The molecule has 0 saturated carbocycles. The number of halogens is 1. The summed E-state index contributed by atoms with van der Waals surface area (Å²) >= 11 is 5.64. The van der Waals surface area contributed by atoms with Gasteiger partial charge in [0.05, 0.1) is 25.6 Å². The summed E-state index contributed by atoms with van der Waals surface area (Å²) in [6, 6.07) is 6.09. The van der Waals surface area contributed by atoms with Crippen LogP contribution in [0.3, 0.4) is 0 Å². The lowest BCUT2D eigenvalue weighted by atomic mass is 9.98.